The van der Waals surface area contributed by atoms with Crippen LogP contribution in [0.2, 0.25) is 0 Å². The molecule has 1 aromatic heterocycles. The summed E-state index contributed by atoms with van der Waals surface area (Å²) in [7, 11) is 0. The second-order valence-electron chi connectivity index (χ2n) is 8.31. The smallest absolute Gasteiger partial charge is 0.326 e. The van der Waals surface area contributed by atoms with Crippen molar-refractivity contribution in [1.82, 2.24) is 15.3 Å². The molecular weight excluding hydrogens is 494 g/mol. The molecule has 13 nitrogen and oxygen atoms in total. The van der Waals surface area contributed by atoms with Gasteiger partial charge in [-0.25, -0.2) is 4.79 Å². The lowest BCUT2D eigenvalue weighted by Gasteiger charge is -2.27. The van der Waals surface area contributed by atoms with Crippen molar-refractivity contribution in [2.45, 2.75) is 24.9 Å². The molecule has 2 aromatic carbocycles. The summed E-state index contributed by atoms with van der Waals surface area (Å²) in [6.07, 6.45) is -0.587. The van der Waals surface area contributed by atoms with Gasteiger partial charge in [-0.3, -0.25) is 14.4 Å². The molecular formula is C25H29N7O6. The molecule has 0 fully saturated rings. The molecule has 1 aliphatic rings. The molecule has 4 rings (SSSR count). The lowest BCUT2D eigenvalue weighted by molar-refractivity contribution is -0.140. The van der Waals surface area contributed by atoms with Crippen LogP contribution in [-0.4, -0.2) is 63.2 Å². The van der Waals surface area contributed by atoms with E-state index in [1.165, 1.54) is 12.1 Å². The molecule has 200 valence electrons. The Balaban J connectivity index is 0.000000585. The van der Waals surface area contributed by atoms with E-state index in [0.29, 0.717) is 30.3 Å². The summed E-state index contributed by atoms with van der Waals surface area (Å²) in [5, 5.41) is 29.5. The number of amides is 1. The highest BCUT2D eigenvalue weighted by molar-refractivity contribution is 5.97. The first-order valence-electron chi connectivity index (χ1n) is 11.7. The zero-order valence-electron chi connectivity index (χ0n) is 20.3. The Morgan fingerprint density at radius 1 is 1.05 bits per heavy atom. The van der Waals surface area contributed by atoms with Crippen molar-refractivity contribution in [2.24, 2.45) is 0 Å². The number of anilines is 4. The van der Waals surface area contributed by atoms with Gasteiger partial charge in [-0.1, -0.05) is 36.4 Å². The van der Waals surface area contributed by atoms with Gasteiger partial charge in [0, 0.05) is 30.8 Å². The summed E-state index contributed by atoms with van der Waals surface area (Å²) in [4.78, 5) is 52.5. The van der Waals surface area contributed by atoms with E-state index in [0.717, 1.165) is 0 Å². The molecule has 38 heavy (non-hydrogen) atoms. The van der Waals surface area contributed by atoms with Crippen molar-refractivity contribution in [3.05, 3.63) is 76.6 Å². The van der Waals surface area contributed by atoms with Crippen molar-refractivity contribution >= 4 is 41.0 Å². The molecule has 0 aliphatic carbocycles. The first kappa shape index (κ1) is 27.5. The molecule has 0 spiro atoms. The Morgan fingerprint density at radius 3 is 2.26 bits per heavy atom. The van der Waals surface area contributed by atoms with Crippen molar-refractivity contribution in [1.29, 1.82) is 0 Å². The Morgan fingerprint density at radius 2 is 1.68 bits per heavy atom. The van der Waals surface area contributed by atoms with Crippen molar-refractivity contribution in [3.8, 4) is 0 Å². The predicted molar refractivity (Wildman–Crippen MR) is 142 cm³/mol. The Kier molecular flexibility index (Phi) is 9.63. The number of carboxylic acids is 2. The molecule has 1 aliphatic heterocycles. The van der Waals surface area contributed by atoms with E-state index in [-0.39, 0.29) is 30.4 Å². The number of fused-ring (bicyclic) bond motifs is 1. The van der Waals surface area contributed by atoms with Gasteiger partial charge in [0.25, 0.3) is 11.5 Å². The first-order valence-corrected chi connectivity index (χ1v) is 11.7. The third-order valence-corrected chi connectivity index (χ3v) is 5.43. The van der Waals surface area contributed by atoms with Crippen LogP contribution in [0.15, 0.2) is 65.5 Å². The number of aromatic nitrogens is 2. The van der Waals surface area contributed by atoms with Crippen LogP contribution in [0.5, 0.6) is 0 Å². The van der Waals surface area contributed by atoms with Crippen molar-refractivity contribution in [2.75, 3.05) is 34.8 Å². The van der Waals surface area contributed by atoms with Crippen LogP contribution in [-0.2, 0) is 9.59 Å². The van der Waals surface area contributed by atoms with E-state index in [4.69, 9.17) is 15.9 Å². The number of aliphatic carboxylic acids is 2. The van der Waals surface area contributed by atoms with Gasteiger partial charge in [0.2, 0.25) is 5.95 Å². The average Bonchev–Trinajstić information content (AvgIpc) is 2.91. The van der Waals surface area contributed by atoms with Crippen molar-refractivity contribution in [3.63, 3.8) is 0 Å². The fourth-order valence-electron chi connectivity index (χ4n) is 3.49. The molecule has 2 heterocycles. The molecule has 1 unspecified atom stereocenters. The second kappa shape index (κ2) is 13.3. The monoisotopic (exact) mass is 523 g/mol. The highest BCUT2D eigenvalue weighted by Crippen LogP contribution is 2.20. The summed E-state index contributed by atoms with van der Waals surface area (Å²) in [6.45, 7) is 0.977. The molecule has 0 radical (unpaired) electrons. The third kappa shape index (κ3) is 8.26. The maximum absolute atomic E-state index is 12.3. The maximum atomic E-state index is 12.3. The molecule has 13 heteroatoms. The zero-order chi connectivity index (χ0) is 27.5. The summed E-state index contributed by atoms with van der Waals surface area (Å²) in [6, 6.07) is 16.9. The fraction of sp³-hybridized carbons (Fsp3) is 0.240. The number of hydrogen-bond acceptors (Lipinski definition) is 9. The molecule has 0 saturated heterocycles. The number of aromatic amines is 1. The minimum absolute atomic E-state index is 0.0281. The number of benzene rings is 2. The van der Waals surface area contributed by atoms with Crippen LogP contribution >= 0.6 is 0 Å². The summed E-state index contributed by atoms with van der Waals surface area (Å²) >= 11 is 0. The Hall–Kier alpha value is -5.07. The number of rotatable bonds is 9. The zero-order valence-corrected chi connectivity index (χ0v) is 20.3. The lowest BCUT2D eigenvalue weighted by Crippen LogP contribution is -2.41. The Labute approximate surface area is 217 Å². The lowest BCUT2D eigenvalue weighted by atomic mass is 10.1. The van der Waals surface area contributed by atoms with Gasteiger partial charge in [-0.05, 0) is 30.7 Å². The van der Waals surface area contributed by atoms with Gasteiger partial charge in [0.05, 0.1) is 6.04 Å². The second-order valence-corrected chi connectivity index (χ2v) is 8.31. The number of nitrogens with two attached hydrogens (primary N) is 1. The summed E-state index contributed by atoms with van der Waals surface area (Å²) in [5.74, 6) is -2.55. The molecule has 3 aromatic rings. The number of nitrogen functional groups attached to an aromatic ring is 1. The van der Waals surface area contributed by atoms with Crippen LogP contribution in [0, 0.1) is 0 Å². The van der Waals surface area contributed by atoms with E-state index >= 15 is 0 Å². The standard InChI is InChI=1S/C19H23N7O6.C6H6/c20-19-25-15-14(17(30)26-19)23-11(8-22-15)7-21-10-3-1-9(2-4-10)16(29)24-12(18(31)32)5-6-13(27)28;1-2-4-6-5-3-1/h1-4,11-12,21,23H,5-8H2,(H,24,29)(H,27,28)(H,31,32)(H4,20,22,25,26,30);1-6H/t11?,12-;/m0./s1. The van der Waals surface area contributed by atoms with E-state index < -0.39 is 29.4 Å². The van der Waals surface area contributed by atoms with E-state index in [1.54, 1.807) is 12.1 Å². The summed E-state index contributed by atoms with van der Waals surface area (Å²) in [5.41, 5.74) is 6.31. The highest BCUT2D eigenvalue weighted by atomic mass is 16.4. The van der Waals surface area contributed by atoms with Gasteiger partial charge in [-0.15, -0.1) is 0 Å². The maximum Gasteiger partial charge on any atom is 0.326 e. The van der Waals surface area contributed by atoms with Crippen LogP contribution in [0.4, 0.5) is 23.1 Å². The molecule has 0 bridgehead atoms. The quantitative estimate of drug-likeness (QED) is 0.201. The van der Waals surface area contributed by atoms with Gasteiger partial charge in [0.1, 0.15) is 17.5 Å². The van der Waals surface area contributed by atoms with E-state index in [1.807, 2.05) is 36.4 Å². The van der Waals surface area contributed by atoms with Crippen LogP contribution < -0.4 is 32.6 Å². The van der Waals surface area contributed by atoms with Gasteiger partial charge in [-0.2, -0.15) is 4.98 Å². The van der Waals surface area contributed by atoms with Crippen LogP contribution in [0.3, 0.4) is 0 Å². The average molecular weight is 524 g/mol. The Bertz CT molecular complexity index is 1270. The fourth-order valence-corrected chi connectivity index (χ4v) is 3.49. The van der Waals surface area contributed by atoms with E-state index in [9.17, 15) is 19.2 Å². The predicted octanol–water partition coefficient (Wildman–Crippen LogP) is 1.40. The first-order chi connectivity index (χ1) is 18.2. The van der Waals surface area contributed by atoms with Crippen LogP contribution in [0.1, 0.15) is 23.2 Å². The molecule has 2 atom stereocenters. The van der Waals surface area contributed by atoms with E-state index in [2.05, 4.69) is 31.2 Å². The number of carbonyl (C=O) groups is 3. The minimum atomic E-state index is -1.30. The van der Waals surface area contributed by atoms with Gasteiger partial charge >= 0.3 is 11.9 Å². The number of nitrogens with zero attached hydrogens (tertiary/aromatic N) is 1. The largest absolute Gasteiger partial charge is 0.481 e. The number of nitrogens with one attached hydrogen (secondary N) is 5. The number of carboxylic acid groups (broad SMARTS) is 2. The SMILES string of the molecule is Nc1nc(=O)c2c([nH]1)NCC(CNc1ccc(C(=O)N[C@@H](CCC(=O)O)C(=O)O)cc1)N2.c1ccccc1. The number of H-pyrrole nitrogens is 1. The number of carbonyl (C=O) groups excluding carboxylic acids is 1. The van der Waals surface area contributed by atoms with Gasteiger partial charge < -0.3 is 42.2 Å². The van der Waals surface area contributed by atoms with Gasteiger partial charge in [0.15, 0.2) is 0 Å². The molecule has 9 N–H and O–H groups in total. The third-order valence-electron chi connectivity index (χ3n) is 5.43. The summed E-state index contributed by atoms with van der Waals surface area (Å²) < 4.78 is 0. The normalized spacial score (nSPS) is 14.3. The van der Waals surface area contributed by atoms with Crippen LogP contribution in [0.25, 0.3) is 0 Å². The molecule has 1 amide bonds. The number of hydrogen-bond donors (Lipinski definition) is 8. The van der Waals surface area contributed by atoms with Crippen molar-refractivity contribution < 1.29 is 24.6 Å². The topological polar surface area (TPSA) is 212 Å². The molecule has 0 saturated carbocycles. The highest BCUT2D eigenvalue weighted by Gasteiger charge is 2.22. The minimum Gasteiger partial charge on any atom is -0.481 e.